The van der Waals surface area contributed by atoms with Gasteiger partial charge in [0.05, 0.1) is 0 Å². The zero-order chi connectivity index (χ0) is 11.7. The molecule has 0 radical (unpaired) electrons. The fourth-order valence-corrected chi connectivity index (χ4v) is 1.12. The van der Waals surface area contributed by atoms with Crippen LogP contribution >= 0.6 is 0 Å². The second-order valence-corrected chi connectivity index (χ2v) is 3.37. The summed E-state index contributed by atoms with van der Waals surface area (Å²) in [6, 6.07) is 0. The van der Waals surface area contributed by atoms with Gasteiger partial charge in [0.1, 0.15) is 0 Å². The van der Waals surface area contributed by atoms with Crippen molar-refractivity contribution in [2.45, 2.75) is 39.5 Å². The predicted octanol–water partition coefficient (Wildman–Crippen LogP) is 1.71. The molecular weight excluding hydrogens is 194 g/mol. The molecule has 0 aliphatic rings. The van der Waals surface area contributed by atoms with Crippen LogP contribution in [0, 0.1) is 0 Å². The highest BCUT2D eigenvalue weighted by atomic mass is 16.4. The van der Waals surface area contributed by atoms with E-state index in [1.807, 2.05) is 13.8 Å². The van der Waals surface area contributed by atoms with Crippen LogP contribution in [0.25, 0.3) is 0 Å². The predicted molar refractivity (Wildman–Crippen MR) is 58.5 cm³/mol. The van der Waals surface area contributed by atoms with Crippen LogP contribution in [-0.4, -0.2) is 23.5 Å². The van der Waals surface area contributed by atoms with Crippen LogP contribution in [0.3, 0.4) is 0 Å². The molecule has 0 aromatic rings. The summed E-state index contributed by atoms with van der Waals surface area (Å²) in [5.74, 6) is -1.32. The number of carboxylic acid groups (broad SMARTS) is 1. The number of unbranched alkanes of at least 4 members (excludes halogenated alkanes) is 1. The summed E-state index contributed by atoms with van der Waals surface area (Å²) in [6.07, 6.45) is 4.15. The number of aliphatic carboxylic acids is 1. The standard InChI is InChI=1S/C11H19NO3/c1-3-5-6-9(8-10(13)14)11(15)12-7-4-2/h8H,3-7H2,1-2H3,(H,12,15)(H,13,14)/b9-8-. The number of hydrogen-bond donors (Lipinski definition) is 2. The number of carbonyl (C=O) groups is 2. The van der Waals surface area contributed by atoms with Gasteiger partial charge in [-0.2, -0.15) is 0 Å². The minimum absolute atomic E-state index is 0.257. The molecular formula is C11H19NO3. The maximum absolute atomic E-state index is 11.5. The molecule has 0 unspecified atom stereocenters. The Kier molecular flexibility index (Phi) is 7.32. The third-order valence-electron chi connectivity index (χ3n) is 1.92. The van der Waals surface area contributed by atoms with Gasteiger partial charge >= 0.3 is 5.97 Å². The Balaban J connectivity index is 4.34. The largest absolute Gasteiger partial charge is 0.478 e. The Labute approximate surface area is 90.4 Å². The number of amides is 1. The average Bonchev–Trinajstić information content (AvgIpc) is 2.20. The number of hydrogen-bond acceptors (Lipinski definition) is 2. The van der Waals surface area contributed by atoms with E-state index in [1.54, 1.807) is 0 Å². The third kappa shape index (κ3) is 6.71. The maximum atomic E-state index is 11.5. The first-order chi connectivity index (χ1) is 7.11. The molecule has 0 rings (SSSR count). The molecule has 0 aromatic heterocycles. The van der Waals surface area contributed by atoms with E-state index in [4.69, 9.17) is 5.11 Å². The molecule has 0 saturated carbocycles. The van der Waals surface area contributed by atoms with E-state index < -0.39 is 5.97 Å². The second kappa shape index (κ2) is 8.03. The lowest BCUT2D eigenvalue weighted by Gasteiger charge is -2.06. The zero-order valence-corrected chi connectivity index (χ0v) is 9.38. The average molecular weight is 213 g/mol. The van der Waals surface area contributed by atoms with Crippen molar-refractivity contribution in [3.8, 4) is 0 Å². The van der Waals surface area contributed by atoms with Gasteiger partial charge in [-0.05, 0) is 19.3 Å². The van der Waals surface area contributed by atoms with Gasteiger partial charge in [-0.1, -0.05) is 20.3 Å². The van der Waals surface area contributed by atoms with Crippen molar-refractivity contribution in [3.05, 3.63) is 11.6 Å². The summed E-state index contributed by atoms with van der Waals surface area (Å²) in [7, 11) is 0. The van der Waals surface area contributed by atoms with Gasteiger partial charge in [-0.3, -0.25) is 4.79 Å². The molecule has 1 amide bonds. The summed E-state index contributed by atoms with van der Waals surface area (Å²) in [4.78, 5) is 22.0. The van der Waals surface area contributed by atoms with Crippen molar-refractivity contribution >= 4 is 11.9 Å². The van der Waals surface area contributed by atoms with Gasteiger partial charge in [0.15, 0.2) is 0 Å². The number of nitrogens with one attached hydrogen (secondary N) is 1. The Hall–Kier alpha value is -1.32. The highest BCUT2D eigenvalue weighted by molar-refractivity contribution is 5.98. The Morgan fingerprint density at radius 2 is 1.93 bits per heavy atom. The van der Waals surface area contributed by atoms with Crippen LogP contribution in [0.4, 0.5) is 0 Å². The molecule has 4 heteroatoms. The van der Waals surface area contributed by atoms with Crippen LogP contribution in [0.2, 0.25) is 0 Å². The van der Waals surface area contributed by atoms with Crippen molar-refractivity contribution in [1.29, 1.82) is 0 Å². The first kappa shape index (κ1) is 13.7. The first-order valence-corrected chi connectivity index (χ1v) is 5.33. The van der Waals surface area contributed by atoms with Gasteiger partial charge < -0.3 is 10.4 Å². The van der Waals surface area contributed by atoms with E-state index >= 15 is 0 Å². The van der Waals surface area contributed by atoms with Crippen LogP contribution in [0.15, 0.2) is 11.6 Å². The van der Waals surface area contributed by atoms with E-state index in [9.17, 15) is 9.59 Å². The van der Waals surface area contributed by atoms with Crippen molar-refractivity contribution < 1.29 is 14.7 Å². The van der Waals surface area contributed by atoms with Crippen LogP contribution in [0.5, 0.6) is 0 Å². The van der Waals surface area contributed by atoms with Crippen LogP contribution in [0.1, 0.15) is 39.5 Å². The monoisotopic (exact) mass is 213 g/mol. The summed E-state index contributed by atoms with van der Waals surface area (Å²) in [5, 5.41) is 11.3. The lowest BCUT2D eigenvalue weighted by molar-refractivity contribution is -0.132. The summed E-state index contributed by atoms with van der Waals surface area (Å²) in [6.45, 7) is 4.54. The first-order valence-electron chi connectivity index (χ1n) is 5.33. The van der Waals surface area contributed by atoms with Crippen molar-refractivity contribution in [2.75, 3.05) is 6.54 Å². The molecule has 4 nitrogen and oxygen atoms in total. The van der Waals surface area contributed by atoms with E-state index in [0.717, 1.165) is 25.3 Å². The molecule has 0 aliphatic carbocycles. The fraction of sp³-hybridized carbons (Fsp3) is 0.636. The van der Waals surface area contributed by atoms with Gasteiger partial charge in [0, 0.05) is 18.2 Å². The molecule has 86 valence electrons. The highest BCUT2D eigenvalue weighted by Crippen LogP contribution is 2.07. The van der Waals surface area contributed by atoms with Gasteiger partial charge in [0.2, 0.25) is 5.91 Å². The maximum Gasteiger partial charge on any atom is 0.328 e. The molecule has 0 atom stereocenters. The lowest BCUT2D eigenvalue weighted by Crippen LogP contribution is -2.26. The third-order valence-corrected chi connectivity index (χ3v) is 1.92. The lowest BCUT2D eigenvalue weighted by atomic mass is 10.1. The van der Waals surface area contributed by atoms with E-state index in [-0.39, 0.29) is 5.91 Å². The van der Waals surface area contributed by atoms with Crippen LogP contribution < -0.4 is 5.32 Å². The van der Waals surface area contributed by atoms with Gasteiger partial charge in [0.25, 0.3) is 0 Å². The summed E-state index contributed by atoms with van der Waals surface area (Å²) >= 11 is 0. The van der Waals surface area contributed by atoms with E-state index in [0.29, 0.717) is 18.5 Å². The molecule has 0 aromatic carbocycles. The molecule has 0 aliphatic heterocycles. The Morgan fingerprint density at radius 1 is 1.27 bits per heavy atom. The Bertz CT molecular complexity index is 246. The molecule has 0 fully saturated rings. The van der Waals surface area contributed by atoms with Gasteiger partial charge in [-0.15, -0.1) is 0 Å². The molecule has 0 heterocycles. The number of carboxylic acids is 1. The fourth-order valence-electron chi connectivity index (χ4n) is 1.12. The van der Waals surface area contributed by atoms with Crippen molar-refractivity contribution in [1.82, 2.24) is 5.32 Å². The highest BCUT2D eigenvalue weighted by Gasteiger charge is 2.09. The van der Waals surface area contributed by atoms with Gasteiger partial charge in [-0.25, -0.2) is 4.79 Å². The second-order valence-electron chi connectivity index (χ2n) is 3.37. The Morgan fingerprint density at radius 3 is 2.40 bits per heavy atom. The molecule has 0 saturated heterocycles. The topological polar surface area (TPSA) is 66.4 Å². The SMILES string of the molecule is CCCC/C(=C/C(=O)O)C(=O)NCCC. The number of rotatable bonds is 7. The molecule has 0 spiro atoms. The minimum atomic E-state index is -1.06. The van der Waals surface area contributed by atoms with E-state index in [1.165, 1.54) is 0 Å². The summed E-state index contributed by atoms with van der Waals surface area (Å²) < 4.78 is 0. The van der Waals surface area contributed by atoms with E-state index in [2.05, 4.69) is 5.32 Å². The normalized spacial score (nSPS) is 11.2. The molecule has 2 N–H and O–H groups in total. The minimum Gasteiger partial charge on any atom is -0.478 e. The van der Waals surface area contributed by atoms with Crippen LogP contribution in [-0.2, 0) is 9.59 Å². The molecule has 0 bridgehead atoms. The quantitative estimate of drug-likeness (QED) is 0.633. The van der Waals surface area contributed by atoms with Crippen molar-refractivity contribution in [2.24, 2.45) is 0 Å². The zero-order valence-electron chi connectivity index (χ0n) is 9.38. The smallest absolute Gasteiger partial charge is 0.328 e. The number of carbonyl (C=O) groups excluding carboxylic acids is 1. The molecule has 15 heavy (non-hydrogen) atoms. The summed E-state index contributed by atoms with van der Waals surface area (Å²) in [5.41, 5.74) is 0.359. The van der Waals surface area contributed by atoms with Crippen molar-refractivity contribution in [3.63, 3.8) is 0 Å².